The number of H-pyrrole nitrogens is 1. The zero-order valence-corrected chi connectivity index (χ0v) is 32.5. The molecule has 7 rings (SSSR count). The molecule has 14 heteroatoms. The third-order valence-corrected chi connectivity index (χ3v) is 11.3. The van der Waals surface area contributed by atoms with Gasteiger partial charge in [-0.15, -0.1) is 0 Å². The zero-order valence-electron chi connectivity index (χ0n) is 32.5. The molecule has 0 bridgehead atoms. The second-order valence-electron chi connectivity index (χ2n) is 15.4. The Balaban J connectivity index is 0.941. The third kappa shape index (κ3) is 7.78. The molecule has 2 aromatic carbocycles. The minimum Gasteiger partial charge on any atom is -0.496 e. The molecule has 1 atom stereocenters. The standard InChI is InChI=1S/C41H52FN9O4/c1-26-8-10-34(40(53)44-26)45-29-9-11-35(33(42)20-29)50-15-12-48(13-16-50)24-38(52)51-17-14-49(25-41(51,3)4)23-32-36(54-6)18-28(19-37(32)55-7)31-22-47(5)27(2)39-30(31)21-43-46-39/h9,11,18-22,34,45H,1-2,8,10,12-17,23-25H2,3-7H3,(H,43,46)(H,44,53). The number of carbonyl (C=O) groups is 2. The first-order valence-electron chi connectivity index (χ1n) is 18.8. The minimum absolute atomic E-state index is 0.0987. The quantitative estimate of drug-likeness (QED) is 0.276. The molecule has 4 aliphatic rings. The van der Waals surface area contributed by atoms with Crippen LogP contribution < -0.4 is 25.0 Å². The van der Waals surface area contributed by atoms with Crippen LogP contribution in [0.2, 0.25) is 0 Å². The van der Waals surface area contributed by atoms with Gasteiger partial charge in [0, 0.05) is 88.1 Å². The molecule has 13 nitrogen and oxygen atoms in total. The van der Waals surface area contributed by atoms with E-state index < -0.39 is 11.6 Å². The number of halogens is 1. The predicted octanol–water partition coefficient (Wildman–Crippen LogP) is 4.32. The molecule has 292 valence electrons. The van der Waals surface area contributed by atoms with Crippen LogP contribution in [0.5, 0.6) is 11.5 Å². The second-order valence-corrected chi connectivity index (χ2v) is 15.4. The van der Waals surface area contributed by atoms with E-state index in [0.717, 1.165) is 45.2 Å². The van der Waals surface area contributed by atoms with Crippen LogP contribution in [0.4, 0.5) is 15.8 Å². The Bertz CT molecular complexity index is 1990. The first-order valence-corrected chi connectivity index (χ1v) is 18.8. The van der Waals surface area contributed by atoms with Crippen molar-refractivity contribution in [3.8, 4) is 11.5 Å². The highest BCUT2D eigenvalue weighted by atomic mass is 19.1. The highest BCUT2D eigenvalue weighted by molar-refractivity contribution is 5.89. The molecule has 4 aliphatic heterocycles. The van der Waals surface area contributed by atoms with E-state index in [4.69, 9.17) is 9.47 Å². The van der Waals surface area contributed by atoms with E-state index in [1.54, 1.807) is 20.3 Å². The van der Waals surface area contributed by atoms with Gasteiger partial charge in [-0.3, -0.25) is 24.5 Å². The maximum Gasteiger partial charge on any atom is 0.246 e. The fourth-order valence-electron chi connectivity index (χ4n) is 8.22. The summed E-state index contributed by atoms with van der Waals surface area (Å²) < 4.78 is 27.2. The van der Waals surface area contributed by atoms with E-state index in [9.17, 15) is 9.59 Å². The lowest BCUT2D eigenvalue weighted by Crippen LogP contribution is -2.62. The van der Waals surface area contributed by atoms with Gasteiger partial charge in [-0.25, -0.2) is 4.39 Å². The number of hydrogen-bond acceptors (Lipinski definition) is 10. The summed E-state index contributed by atoms with van der Waals surface area (Å²) in [6, 6.07) is 8.70. The van der Waals surface area contributed by atoms with Crippen LogP contribution in [0.25, 0.3) is 11.3 Å². The van der Waals surface area contributed by atoms with Crippen molar-refractivity contribution in [1.82, 2.24) is 35.1 Å². The van der Waals surface area contributed by atoms with Gasteiger partial charge in [-0.05, 0) is 62.6 Å². The summed E-state index contributed by atoms with van der Waals surface area (Å²) in [6.45, 7) is 17.7. The fourth-order valence-corrected chi connectivity index (χ4v) is 8.22. The van der Waals surface area contributed by atoms with Crippen molar-refractivity contribution >= 4 is 34.5 Å². The third-order valence-electron chi connectivity index (χ3n) is 11.3. The van der Waals surface area contributed by atoms with Crippen molar-refractivity contribution < 1.29 is 23.5 Å². The van der Waals surface area contributed by atoms with Crippen molar-refractivity contribution in [3.63, 3.8) is 0 Å². The first kappa shape index (κ1) is 38.0. The number of hydrogen-bond donors (Lipinski definition) is 3. The molecule has 3 saturated heterocycles. The van der Waals surface area contributed by atoms with E-state index in [2.05, 4.69) is 57.6 Å². The lowest BCUT2D eigenvalue weighted by molar-refractivity contribution is -0.142. The van der Waals surface area contributed by atoms with Crippen molar-refractivity contribution in [2.45, 2.75) is 44.8 Å². The Labute approximate surface area is 322 Å². The predicted molar refractivity (Wildman–Crippen MR) is 212 cm³/mol. The molecule has 3 fully saturated rings. The highest BCUT2D eigenvalue weighted by Crippen LogP contribution is 2.40. The van der Waals surface area contributed by atoms with Crippen molar-refractivity contribution in [1.29, 1.82) is 0 Å². The SMILES string of the molecule is C=C1CCC(Nc2ccc(N3CCN(CC(=O)N4CCN(Cc5c(OC)cc(C6=CN(C)C(=C)c7[nH]ncc76)cc5OC)CC4(C)C)CC3)c(F)c2)C(=O)N1. The van der Waals surface area contributed by atoms with E-state index >= 15 is 4.39 Å². The van der Waals surface area contributed by atoms with Crippen molar-refractivity contribution in [3.05, 3.63) is 89.8 Å². The van der Waals surface area contributed by atoms with Crippen LogP contribution in [0.1, 0.15) is 49.1 Å². The number of nitrogens with zero attached hydrogens (tertiary/aromatic N) is 6. The van der Waals surface area contributed by atoms with Crippen molar-refractivity contribution in [2.75, 3.05) is 83.8 Å². The van der Waals surface area contributed by atoms with E-state index in [0.29, 0.717) is 88.8 Å². The Morgan fingerprint density at radius 2 is 1.75 bits per heavy atom. The average molecular weight is 754 g/mol. The molecular weight excluding hydrogens is 702 g/mol. The van der Waals surface area contributed by atoms with Gasteiger partial charge in [0.1, 0.15) is 23.4 Å². The smallest absolute Gasteiger partial charge is 0.246 e. The molecule has 3 N–H and O–H groups in total. The molecule has 0 aliphatic carbocycles. The number of aromatic nitrogens is 2. The first-order chi connectivity index (χ1) is 26.3. The van der Waals surface area contributed by atoms with E-state index in [-0.39, 0.29) is 17.6 Å². The topological polar surface area (TPSA) is 122 Å². The highest BCUT2D eigenvalue weighted by Gasteiger charge is 2.38. The van der Waals surface area contributed by atoms with Gasteiger partial charge in [0.15, 0.2) is 0 Å². The molecule has 1 aromatic heterocycles. The van der Waals surface area contributed by atoms with Crippen LogP contribution >= 0.6 is 0 Å². The Morgan fingerprint density at radius 1 is 1.04 bits per heavy atom. The fraction of sp³-hybridized carbons (Fsp3) is 0.439. The van der Waals surface area contributed by atoms with Crippen LogP contribution in [0.3, 0.4) is 0 Å². The summed E-state index contributed by atoms with van der Waals surface area (Å²) >= 11 is 0. The molecule has 0 spiro atoms. The summed E-state index contributed by atoms with van der Waals surface area (Å²) in [5, 5.41) is 13.2. The molecule has 0 saturated carbocycles. The van der Waals surface area contributed by atoms with E-state index in [1.807, 2.05) is 52.3 Å². The Morgan fingerprint density at radius 3 is 2.40 bits per heavy atom. The molecule has 55 heavy (non-hydrogen) atoms. The molecule has 2 amide bonds. The summed E-state index contributed by atoms with van der Waals surface area (Å²) in [5.74, 6) is 1.07. The van der Waals surface area contributed by atoms with Crippen LogP contribution in [0.15, 0.2) is 61.6 Å². The van der Waals surface area contributed by atoms with Gasteiger partial charge in [-0.1, -0.05) is 13.2 Å². The van der Waals surface area contributed by atoms with Gasteiger partial charge in [0.2, 0.25) is 11.8 Å². The molecule has 3 aromatic rings. The van der Waals surface area contributed by atoms with Gasteiger partial charge in [-0.2, -0.15) is 5.10 Å². The van der Waals surface area contributed by atoms with Crippen LogP contribution in [-0.2, 0) is 16.1 Å². The number of amides is 2. The zero-order chi connectivity index (χ0) is 39.0. The monoisotopic (exact) mass is 753 g/mol. The number of aromatic amines is 1. The Kier molecular flexibility index (Phi) is 10.6. The maximum atomic E-state index is 15.3. The van der Waals surface area contributed by atoms with Gasteiger partial charge in [0.05, 0.1) is 55.1 Å². The number of piperidine rings is 1. The maximum absolute atomic E-state index is 15.3. The second kappa shape index (κ2) is 15.4. The van der Waals surface area contributed by atoms with Crippen molar-refractivity contribution in [2.24, 2.45) is 0 Å². The molecule has 5 heterocycles. The number of benzene rings is 2. The molecule has 1 unspecified atom stereocenters. The average Bonchev–Trinajstić information content (AvgIpc) is 3.65. The number of carbonyl (C=O) groups excluding carboxylic acids is 2. The van der Waals surface area contributed by atoms with Gasteiger partial charge in [0.25, 0.3) is 0 Å². The summed E-state index contributed by atoms with van der Waals surface area (Å²) in [6.07, 6.45) is 5.16. The number of fused-ring (bicyclic) bond motifs is 1. The number of nitrogens with one attached hydrogen (secondary N) is 3. The summed E-state index contributed by atoms with van der Waals surface area (Å²) in [7, 11) is 5.32. The number of allylic oxidation sites excluding steroid dienone is 1. The largest absolute Gasteiger partial charge is 0.496 e. The lowest BCUT2D eigenvalue weighted by atomic mass is 9.93. The van der Waals surface area contributed by atoms with Crippen LogP contribution in [0, 0.1) is 5.82 Å². The number of ether oxygens (including phenoxy) is 2. The number of rotatable bonds is 10. The molecule has 0 radical (unpaired) electrons. The summed E-state index contributed by atoms with van der Waals surface area (Å²) in [4.78, 5) is 36.6. The Hall–Kier alpha value is -5.34. The minimum atomic E-state index is -0.420. The van der Waals surface area contributed by atoms with Gasteiger partial charge < -0.3 is 34.8 Å². The van der Waals surface area contributed by atoms with Gasteiger partial charge >= 0.3 is 0 Å². The normalized spacial score (nSPS) is 20.5. The number of piperazine rings is 2. The van der Waals surface area contributed by atoms with E-state index in [1.165, 1.54) is 6.07 Å². The number of anilines is 2. The number of methoxy groups -OCH3 is 2. The van der Waals surface area contributed by atoms with Crippen LogP contribution in [-0.4, -0.2) is 127 Å². The summed E-state index contributed by atoms with van der Waals surface area (Å²) in [5.41, 5.74) is 6.98. The molecular formula is C41H52FN9O4. The lowest BCUT2D eigenvalue weighted by Gasteiger charge is -2.48.